The van der Waals surface area contributed by atoms with Gasteiger partial charge in [0.1, 0.15) is 12.4 Å². The van der Waals surface area contributed by atoms with Gasteiger partial charge >= 0.3 is 0 Å². The molecule has 1 aliphatic rings. The molecule has 0 saturated heterocycles. The zero-order valence-corrected chi connectivity index (χ0v) is 16.3. The molecule has 1 aliphatic heterocycles. The van der Waals surface area contributed by atoms with E-state index in [4.69, 9.17) is 4.74 Å². The van der Waals surface area contributed by atoms with E-state index in [-0.39, 0.29) is 6.04 Å². The number of fused-ring (bicyclic) bond motifs is 1. The van der Waals surface area contributed by atoms with Crippen LogP contribution < -0.4 is 9.46 Å². The Labute approximate surface area is 151 Å². The van der Waals surface area contributed by atoms with Crippen LogP contribution in [0, 0.1) is 20.8 Å². The molecule has 6 heteroatoms. The van der Waals surface area contributed by atoms with Crippen molar-refractivity contribution in [2.24, 2.45) is 0 Å². The number of hydrogen-bond donors (Lipinski definition) is 1. The van der Waals surface area contributed by atoms with E-state index >= 15 is 0 Å². The van der Waals surface area contributed by atoms with Crippen LogP contribution in [0.2, 0.25) is 0 Å². The zero-order chi connectivity index (χ0) is 17.5. The van der Waals surface area contributed by atoms with Crippen LogP contribution in [0.1, 0.15) is 22.3 Å². The maximum atomic E-state index is 12.8. The second-order valence-electron chi connectivity index (χ2n) is 6.29. The molecule has 0 fully saturated rings. The summed E-state index contributed by atoms with van der Waals surface area (Å²) in [7, 11) is -3.58. The highest BCUT2D eigenvalue weighted by atomic mass is 79.9. The fourth-order valence-electron chi connectivity index (χ4n) is 2.95. The van der Waals surface area contributed by atoms with Crippen molar-refractivity contribution in [3.05, 3.63) is 57.1 Å². The molecule has 1 heterocycles. The Morgan fingerprint density at radius 3 is 2.54 bits per heavy atom. The molecule has 3 rings (SSSR count). The highest BCUT2D eigenvalue weighted by Crippen LogP contribution is 2.28. The molecule has 1 atom stereocenters. The highest BCUT2D eigenvalue weighted by Gasteiger charge is 2.26. The van der Waals surface area contributed by atoms with Crippen LogP contribution in [0.25, 0.3) is 0 Å². The van der Waals surface area contributed by atoms with Gasteiger partial charge in [-0.1, -0.05) is 22.0 Å². The van der Waals surface area contributed by atoms with Crippen LogP contribution in [0.5, 0.6) is 5.75 Å². The van der Waals surface area contributed by atoms with Gasteiger partial charge in [0.25, 0.3) is 0 Å². The first-order chi connectivity index (χ1) is 11.3. The normalized spacial score (nSPS) is 17.2. The number of hydrogen-bond acceptors (Lipinski definition) is 3. The average Bonchev–Trinajstić information content (AvgIpc) is 2.50. The molecule has 24 heavy (non-hydrogen) atoms. The van der Waals surface area contributed by atoms with E-state index in [1.54, 1.807) is 6.07 Å². The van der Waals surface area contributed by atoms with Crippen LogP contribution in [-0.4, -0.2) is 21.1 Å². The average molecular weight is 410 g/mol. The Bertz CT molecular complexity index is 893. The molecule has 2 aromatic carbocycles. The molecule has 1 unspecified atom stereocenters. The van der Waals surface area contributed by atoms with Crippen molar-refractivity contribution < 1.29 is 13.2 Å². The number of rotatable bonds is 3. The van der Waals surface area contributed by atoms with Gasteiger partial charge in [0.2, 0.25) is 10.0 Å². The molecule has 0 spiro atoms. The first-order valence-electron chi connectivity index (χ1n) is 7.77. The summed E-state index contributed by atoms with van der Waals surface area (Å²) in [5, 5.41) is 0. The van der Waals surface area contributed by atoms with E-state index in [2.05, 4.69) is 20.7 Å². The highest BCUT2D eigenvalue weighted by molar-refractivity contribution is 9.10. The van der Waals surface area contributed by atoms with E-state index in [9.17, 15) is 8.42 Å². The van der Waals surface area contributed by atoms with Crippen molar-refractivity contribution in [2.75, 3.05) is 6.61 Å². The third-order valence-corrected chi connectivity index (χ3v) is 6.49. The van der Waals surface area contributed by atoms with Crippen LogP contribution >= 0.6 is 15.9 Å². The van der Waals surface area contributed by atoms with Crippen molar-refractivity contribution >= 4 is 26.0 Å². The van der Waals surface area contributed by atoms with Gasteiger partial charge in [0, 0.05) is 4.47 Å². The first kappa shape index (κ1) is 17.5. The SMILES string of the molecule is Cc1cc(C)c(S(=O)(=O)NC2COc3ccc(Br)cc3C2)cc1C. The molecule has 0 saturated carbocycles. The van der Waals surface area contributed by atoms with Crippen molar-refractivity contribution in [1.82, 2.24) is 4.72 Å². The van der Waals surface area contributed by atoms with Crippen LogP contribution in [0.3, 0.4) is 0 Å². The molecule has 128 valence electrons. The van der Waals surface area contributed by atoms with Gasteiger partial charge in [-0.15, -0.1) is 0 Å². The van der Waals surface area contributed by atoms with E-state index in [1.165, 1.54) is 0 Å². The smallest absolute Gasteiger partial charge is 0.241 e. The molecule has 0 aromatic heterocycles. The van der Waals surface area contributed by atoms with E-state index < -0.39 is 10.0 Å². The summed E-state index contributed by atoms with van der Waals surface area (Å²) in [6.45, 7) is 6.06. The molecular formula is C18H20BrNO3S. The molecular weight excluding hydrogens is 390 g/mol. The summed E-state index contributed by atoms with van der Waals surface area (Å²) in [6.07, 6.45) is 0.609. The maximum Gasteiger partial charge on any atom is 0.241 e. The lowest BCUT2D eigenvalue weighted by Gasteiger charge is -2.26. The first-order valence-corrected chi connectivity index (χ1v) is 10.1. The van der Waals surface area contributed by atoms with E-state index in [0.29, 0.717) is 17.9 Å². The number of benzene rings is 2. The summed E-state index contributed by atoms with van der Waals surface area (Å²) < 4.78 is 35.0. The second kappa shape index (κ2) is 6.50. The van der Waals surface area contributed by atoms with Gasteiger partial charge in [0.15, 0.2) is 0 Å². The Balaban J connectivity index is 1.85. The lowest BCUT2D eigenvalue weighted by molar-refractivity contribution is 0.254. The summed E-state index contributed by atoms with van der Waals surface area (Å²) in [4.78, 5) is 0.339. The number of halogens is 1. The topological polar surface area (TPSA) is 55.4 Å². The van der Waals surface area contributed by atoms with Gasteiger partial charge in [-0.05, 0) is 73.7 Å². The Morgan fingerprint density at radius 2 is 1.79 bits per heavy atom. The van der Waals surface area contributed by atoms with Crippen molar-refractivity contribution in [1.29, 1.82) is 0 Å². The largest absolute Gasteiger partial charge is 0.492 e. The Hall–Kier alpha value is -1.37. The maximum absolute atomic E-state index is 12.8. The quantitative estimate of drug-likeness (QED) is 0.841. The molecule has 0 radical (unpaired) electrons. The van der Waals surface area contributed by atoms with Crippen LogP contribution in [0.4, 0.5) is 0 Å². The van der Waals surface area contributed by atoms with Crippen molar-refractivity contribution in [3.63, 3.8) is 0 Å². The van der Waals surface area contributed by atoms with Gasteiger partial charge in [-0.3, -0.25) is 0 Å². The molecule has 1 N–H and O–H groups in total. The minimum atomic E-state index is -3.58. The number of ether oxygens (including phenoxy) is 1. The number of sulfonamides is 1. The summed E-state index contributed by atoms with van der Waals surface area (Å²) in [5.74, 6) is 0.816. The van der Waals surface area contributed by atoms with Gasteiger partial charge in [0.05, 0.1) is 10.9 Å². The monoisotopic (exact) mass is 409 g/mol. The van der Waals surface area contributed by atoms with Crippen molar-refractivity contribution in [2.45, 2.75) is 38.1 Å². The lowest BCUT2D eigenvalue weighted by Crippen LogP contribution is -2.42. The summed E-state index contributed by atoms with van der Waals surface area (Å²) in [5.41, 5.74) is 3.81. The minimum Gasteiger partial charge on any atom is -0.492 e. The van der Waals surface area contributed by atoms with E-state index in [0.717, 1.165) is 32.5 Å². The summed E-state index contributed by atoms with van der Waals surface area (Å²) >= 11 is 3.44. The molecule has 0 bridgehead atoms. The Kier molecular flexibility index (Phi) is 4.73. The van der Waals surface area contributed by atoms with E-state index in [1.807, 2.05) is 45.0 Å². The second-order valence-corrected chi connectivity index (χ2v) is 8.89. The lowest BCUT2D eigenvalue weighted by atomic mass is 10.0. The third-order valence-electron chi connectivity index (χ3n) is 4.33. The number of nitrogens with one attached hydrogen (secondary N) is 1. The van der Waals surface area contributed by atoms with Crippen LogP contribution in [-0.2, 0) is 16.4 Å². The fourth-order valence-corrected chi connectivity index (χ4v) is 4.89. The van der Waals surface area contributed by atoms with Crippen LogP contribution in [0.15, 0.2) is 39.7 Å². The standard InChI is InChI=1S/C18H20BrNO3S/c1-11-6-13(3)18(7-12(11)2)24(21,22)20-16-9-14-8-15(19)4-5-17(14)23-10-16/h4-8,16,20H,9-10H2,1-3H3. The zero-order valence-electron chi connectivity index (χ0n) is 13.9. The van der Waals surface area contributed by atoms with Gasteiger partial charge in [-0.25, -0.2) is 13.1 Å². The predicted octanol–water partition coefficient (Wildman–Crippen LogP) is 3.66. The Morgan fingerprint density at radius 1 is 1.08 bits per heavy atom. The van der Waals surface area contributed by atoms with Gasteiger partial charge < -0.3 is 4.74 Å². The molecule has 0 amide bonds. The van der Waals surface area contributed by atoms with Crippen molar-refractivity contribution in [3.8, 4) is 5.75 Å². The predicted molar refractivity (Wildman–Crippen MR) is 98.1 cm³/mol. The third kappa shape index (κ3) is 3.50. The fraction of sp³-hybridized carbons (Fsp3) is 0.333. The summed E-state index contributed by atoms with van der Waals surface area (Å²) in [6, 6.07) is 9.16. The molecule has 0 aliphatic carbocycles. The van der Waals surface area contributed by atoms with Gasteiger partial charge in [-0.2, -0.15) is 0 Å². The minimum absolute atomic E-state index is 0.280. The molecule has 2 aromatic rings. The molecule has 4 nitrogen and oxygen atoms in total. The number of aryl methyl sites for hydroxylation is 3.